The summed E-state index contributed by atoms with van der Waals surface area (Å²) in [6.07, 6.45) is 5.78. The molecule has 0 radical (unpaired) electrons. The van der Waals surface area contributed by atoms with E-state index < -0.39 is 8.56 Å². The largest absolute Gasteiger partial charge is 0.352 e. The van der Waals surface area contributed by atoms with E-state index in [0.29, 0.717) is 0 Å². The third-order valence-electron chi connectivity index (χ3n) is 3.04. The molecule has 0 aliphatic rings. The van der Waals surface area contributed by atoms with Gasteiger partial charge in [-0.2, -0.15) is 15.4 Å². The molecule has 0 saturated carbocycles. The Morgan fingerprint density at radius 1 is 0.762 bits per heavy atom. The standard InChI is InChI=1S/C12H33N5O3Si/c1-18-15-21(16-19-2,17-20-3)12-8-11-14-10-7-5-4-6-9-13/h14-17H,4-13H2,1-3H3. The van der Waals surface area contributed by atoms with Crippen LogP contribution in [0.4, 0.5) is 0 Å². The Bertz CT molecular complexity index is 210. The maximum Gasteiger partial charge on any atom is 0.352 e. The van der Waals surface area contributed by atoms with Crippen molar-refractivity contribution in [2.45, 2.75) is 38.1 Å². The van der Waals surface area contributed by atoms with Crippen molar-refractivity contribution in [3.8, 4) is 0 Å². The van der Waals surface area contributed by atoms with Gasteiger partial charge in [0, 0.05) is 0 Å². The van der Waals surface area contributed by atoms with Crippen LogP contribution < -0.4 is 26.5 Å². The molecule has 0 aromatic heterocycles. The van der Waals surface area contributed by atoms with E-state index in [-0.39, 0.29) is 0 Å². The van der Waals surface area contributed by atoms with Gasteiger partial charge in [-0.25, -0.2) is 0 Å². The molecular formula is C12H33N5O3Si. The lowest BCUT2D eigenvalue weighted by Gasteiger charge is -2.30. The lowest BCUT2D eigenvalue weighted by atomic mass is 10.2. The second kappa shape index (κ2) is 14.8. The Morgan fingerprint density at radius 2 is 1.29 bits per heavy atom. The van der Waals surface area contributed by atoms with Crippen LogP contribution in [0.3, 0.4) is 0 Å². The average Bonchev–Trinajstić information content (AvgIpc) is 2.46. The maximum atomic E-state index is 5.46. The molecule has 0 aromatic rings. The summed E-state index contributed by atoms with van der Waals surface area (Å²) in [5, 5.41) is 12.3. The Morgan fingerprint density at radius 3 is 1.81 bits per heavy atom. The SMILES string of the molecule is CON[Si](CCCNCCCCCCN)(NOC)NOC. The van der Waals surface area contributed by atoms with Gasteiger partial charge < -0.3 is 25.6 Å². The minimum atomic E-state index is -2.35. The first-order valence-corrected chi connectivity index (χ1v) is 9.76. The molecule has 0 amide bonds. The molecule has 0 fully saturated rings. The van der Waals surface area contributed by atoms with Gasteiger partial charge in [0.25, 0.3) is 0 Å². The highest BCUT2D eigenvalue weighted by Crippen LogP contribution is 2.03. The summed E-state index contributed by atoms with van der Waals surface area (Å²) in [7, 11) is 2.39. The van der Waals surface area contributed by atoms with Crippen molar-refractivity contribution in [3.05, 3.63) is 0 Å². The number of rotatable bonds is 16. The van der Waals surface area contributed by atoms with Crippen LogP contribution in [-0.2, 0) is 14.5 Å². The van der Waals surface area contributed by atoms with E-state index in [0.717, 1.165) is 38.5 Å². The predicted octanol–water partition coefficient (Wildman–Crippen LogP) is -0.123. The van der Waals surface area contributed by atoms with Crippen molar-refractivity contribution in [1.82, 2.24) is 20.8 Å². The van der Waals surface area contributed by atoms with E-state index in [4.69, 9.17) is 20.2 Å². The first kappa shape index (κ1) is 20.9. The van der Waals surface area contributed by atoms with E-state index in [1.54, 1.807) is 21.3 Å². The second-order valence-electron chi connectivity index (χ2n) is 4.88. The Kier molecular flexibility index (Phi) is 14.7. The molecule has 0 unspecified atom stereocenters. The molecule has 0 saturated heterocycles. The highest BCUT2D eigenvalue weighted by Gasteiger charge is 2.35. The monoisotopic (exact) mass is 323 g/mol. The third kappa shape index (κ3) is 11.2. The minimum Gasteiger partial charge on any atom is -0.330 e. The number of hydrogen-bond acceptors (Lipinski definition) is 8. The lowest BCUT2D eigenvalue weighted by Crippen LogP contribution is -2.71. The van der Waals surface area contributed by atoms with Crippen LogP contribution in [0.15, 0.2) is 0 Å². The molecule has 0 rings (SSSR count). The Hall–Kier alpha value is -0.103. The zero-order valence-electron chi connectivity index (χ0n) is 13.7. The molecule has 21 heavy (non-hydrogen) atoms. The summed E-state index contributed by atoms with van der Waals surface area (Å²) in [5.41, 5.74) is 5.46. The van der Waals surface area contributed by atoms with Gasteiger partial charge >= 0.3 is 8.56 Å². The zero-order chi connectivity index (χ0) is 15.8. The van der Waals surface area contributed by atoms with Crippen LogP contribution in [-0.4, -0.2) is 49.5 Å². The zero-order valence-corrected chi connectivity index (χ0v) is 14.7. The molecule has 0 bridgehead atoms. The van der Waals surface area contributed by atoms with E-state index >= 15 is 0 Å². The van der Waals surface area contributed by atoms with Crippen molar-refractivity contribution >= 4 is 8.56 Å². The lowest BCUT2D eigenvalue weighted by molar-refractivity contribution is 0.0629. The van der Waals surface area contributed by atoms with Crippen LogP contribution in [0.25, 0.3) is 0 Å². The van der Waals surface area contributed by atoms with Crippen molar-refractivity contribution in [2.24, 2.45) is 5.73 Å². The molecule has 9 heteroatoms. The highest BCUT2D eigenvalue weighted by molar-refractivity contribution is 6.71. The van der Waals surface area contributed by atoms with Gasteiger partial charge in [-0.3, -0.25) is 0 Å². The molecule has 0 aliphatic carbocycles. The Balaban J connectivity index is 3.76. The van der Waals surface area contributed by atoms with Crippen LogP contribution in [0.2, 0.25) is 6.04 Å². The number of hydrogen-bond donors (Lipinski definition) is 5. The van der Waals surface area contributed by atoms with Crippen molar-refractivity contribution in [3.63, 3.8) is 0 Å². The normalized spacial score (nSPS) is 12.0. The van der Waals surface area contributed by atoms with Gasteiger partial charge in [0.2, 0.25) is 0 Å². The molecule has 0 atom stereocenters. The van der Waals surface area contributed by atoms with E-state index in [9.17, 15) is 0 Å². The fraction of sp³-hybridized carbons (Fsp3) is 1.00. The first-order valence-electron chi connectivity index (χ1n) is 7.56. The van der Waals surface area contributed by atoms with Gasteiger partial charge in [0.1, 0.15) is 0 Å². The third-order valence-corrected chi connectivity index (χ3v) is 5.80. The van der Waals surface area contributed by atoms with Crippen LogP contribution in [0.1, 0.15) is 32.1 Å². The van der Waals surface area contributed by atoms with Crippen LogP contribution in [0.5, 0.6) is 0 Å². The smallest absolute Gasteiger partial charge is 0.330 e. The topological polar surface area (TPSA) is 102 Å². The van der Waals surface area contributed by atoms with Gasteiger partial charge in [0.05, 0.1) is 21.3 Å². The molecule has 0 heterocycles. The number of unbranched alkanes of at least 4 members (excludes halogenated alkanes) is 3. The van der Waals surface area contributed by atoms with Gasteiger partial charge in [-0.15, -0.1) is 0 Å². The molecule has 6 N–H and O–H groups in total. The summed E-state index contributed by atoms with van der Waals surface area (Å²) in [6.45, 7) is 2.80. The second-order valence-corrected chi connectivity index (χ2v) is 7.80. The molecule has 8 nitrogen and oxygen atoms in total. The first-order chi connectivity index (χ1) is 10.2. The van der Waals surface area contributed by atoms with Crippen molar-refractivity contribution < 1.29 is 14.5 Å². The summed E-state index contributed by atoms with van der Waals surface area (Å²) < 4.78 is 0. The summed E-state index contributed by atoms with van der Waals surface area (Å²) >= 11 is 0. The molecule has 0 aromatic carbocycles. The molecular weight excluding hydrogens is 290 g/mol. The van der Waals surface area contributed by atoms with Crippen molar-refractivity contribution in [2.75, 3.05) is 41.0 Å². The van der Waals surface area contributed by atoms with E-state index in [1.165, 1.54) is 19.3 Å². The van der Waals surface area contributed by atoms with E-state index in [1.807, 2.05) is 0 Å². The fourth-order valence-electron chi connectivity index (χ4n) is 2.09. The quantitative estimate of drug-likeness (QED) is 0.152. The van der Waals surface area contributed by atoms with Crippen LogP contribution in [0, 0.1) is 0 Å². The van der Waals surface area contributed by atoms with Gasteiger partial charge in [-0.05, 0) is 44.9 Å². The average molecular weight is 324 g/mol. The number of nitrogens with two attached hydrogens (primary N) is 1. The maximum absolute atomic E-state index is 5.46. The fourth-order valence-corrected chi connectivity index (χ4v) is 4.27. The van der Waals surface area contributed by atoms with E-state index in [2.05, 4.69) is 20.8 Å². The number of nitrogens with one attached hydrogen (secondary N) is 4. The molecule has 0 aliphatic heterocycles. The molecule has 128 valence electrons. The summed E-state index contributed by atoms with van der Waals surface area (Å²) in [4.78, 5) is 15.1. The Labute approximate surface area is 129 Å². The van der Waals surface area contributed by atoms with Gasteiger partial charge in [-0.1, -0.05) is 12.8 Å². The van der Waals surface area contributed by atoms with Crippen LogP contribution >= 0.6 is 0 Å². The van der Waals surface area contributed by atoms with Crippen molar-refractivity contribution in [1.29, 1.82) is 0 Å². The summed E-state index contributed by atoms with van der Waals surface area (Å²) in [5.74, 6) is 0. The highest BCUT2D eigenvalue weighted by atomic mass is 28.4. The van der Waals surface area contributed by atoms with Gasteiger partial charge in [0.15, 0.2) is 0 Å². The predicted molar refractivity (Wildman–Crippen MR) is 86.0 cm³/mol. The molecule has 0 spiro atoms. The summed E-state index contributed by atoms with van der Waals surface area (Å²) in [6, 6.07) is 0.850. The minimum absolute atomic E-state index is 0.797.